The molecule has 24 heavy (non-hydrogen) atoms. The summed E-state index contributed by atoms with van der Waals surface area (Å²) in [5.41, 5.74) is 0.652. The summed E-state index contributed by atoms with van der Waals surface area (Å²) in [4.78, 5) is 14.0. The van der Waals surface area contributed by atoms with Crippen molar-refractivity contribution in [3.05, 3.63) is 27.8 Å². The van der Waals surface area contributed by atoms with Gasteiger partial charge in [0.05, 0.1) is 10.5 Å². The van der Waals surface area contributed by atoms with Gasteiger partial charge in [0.15, 0.2) is 6.10 Å². The van der Waals surface area contributed by atoms with Crippen LogP contribution < -0.4 is 4.74 Å². The van der Waals surface area contributed by atoms with Crippen molar-refractivity contribution in [2.45, 2.75) is 30.7 Å². The summed E-state index contributed by atoms with van der Waals surface area (Å²) in [6.07, 6.45) is -6.84. The van der Waals surface area contributed by atoms with Gasteiger partial charge in [0.2, 0.25) is 6.29 Å². The van der Waals surface area contributed by atoms with Crippen molar-refractivity contribution >= 4 is 44.4 Å². The van der Waals surface area contributed by atoms with Crippen LogP contribution in [0.1, 0.15) is 0 Å². The van der Waals surface area contributed by atoms with Gasteiger partial charge in [-0.3, -0.25) is 0 Å². The number of H-pyrrole nitrogens is 1. The number of fused-ring (bicyclic) bond motifs is 1. The highest BCUT2D eigenvalue weighted by Crippen LogP contribution is 2.34. The number of aliphatic hydroxyl groups excluding tert-OH is 3. The van der Waals surface area contributed by atoms with E-state index in [9.17, 15) is 20.1 Å². The predicted octanol–water partition coefficient (Wildman–Crippen LogP) is 0.855. The second kappa shape index (κ2) is 6.51. The van der Waals surface area contributed by atoms with Crippen molar-refractivity contribution in [3.63, 3.8) is 0 Å². The van der Waals surface area contributed by atoms with E-state index in [2.05, 4.69) is 20.9 Å². The Morgan fingerprint density at radius 1 is 1.25 bits per heavy atom. The van der Waals surface area contributed by atoms with E-state index in [1.807, 2.05) is 0 Å². The number of carboxylic acid groups (broad SMARTS) is 1. The number of aliphatic hydroxyl groups is 3. The van der Waals surface area contributed by atoms with Gasteiger partial charge in [-0.15, -0.1) is 0 Å². The molecular formula is C14H13BrClNO7. The van der Waals surface area contributed by atoms with E-state index in [1.165, 1.54) is 6.20 Å². The van der Waals surface area contributed by atoms with Crippen molar-refractivity contribution in [3.8, 4) is 5.75 Å². The molecule has 0 aliphatic carbocycles. The lowest BCUT2D eigenvalue weighted by Crippen LogP contribution is -2.61. The smallest absolute Gasteiger partial charge is 0.335 e. The SMILES string of the molecule is O=C(O)[C@H]1OC(Oc2c[nH]c3cc(Cl)c(Br)cc23)[C@H](O)[C@@H](O)[C@@H]1O. The summed E-state index contributed by atoms with van der Waals surface area (Å²) >= 11 is 9.29. The normalized spacial score (nSPS) is 30.5. The largest absolute Gasteiger partial charge is 0.479 e. The molecule has 0 radical (unpaired) electrons. The molecule has 1 unspecified atom stereocenters. The Kier molecular flexibility index (Phi) is 4.73. The molecule has 0 amide bonds. The summed E-state index contributed by atoms with van der Waals surface area (Å²) in [7, 11) is 0. The number of rotatable bonds is 3. The van der Waals surface area contributed by atoms with E-state index in [1.54, 1.807) is 12.1 Å². The summed E-state index contributed by atoms with van der Waals surface area (Å²) in [6, 6.07) is 3.34. The van der Waals surface area contributed by atoms with Crippen molar-refractivity contribution in [1.82, 2.24) is 4.98 Å². The monoisotopic (exact) mass is 421 g/mol. The average molecular weight is 423 g/mol. The number of aliphatic carboxylic acids is 1. The van der Waals surface area contributed by atoms with Crippen LogP contribution in [0.2, 0.25) is 5.02 Å². The van der Waals surface area contributed by atoms with E-state index in [4.69, 9.17) is 26.2 Å². The van der Waals surface area contributed by atoms with Crippen LogP contribution in [0.25, 0.3) is 10.9 Å². The first kappa shape index (κ1) is 17.5. The molecule has 1 aliphatic heterocycles. The maximum absolute atomic E-state index is 11.1. The molecule has 1 aliphatic rings. The van der Waals surface area contributed by atoms with Crippen LogP contribution in [0.5, 0.6) is 5.75 Å². The Morgan fingerprint density at radius 3 is 2.62 bits per heavy atom. The van der Waals surface area contributed by atoms with Crippen molar-refractivity contribution < 1.29 is 34.7 Å². The fourth-order valence-corrected chi connectivity index (χ4v) is 2.97. The van der Waals surface area contributed by atoms with Gasteiger partial charge in [0.25, 0.3) is 0 Å². The molecule has 3 rings (SSSR count). The third kappa shape index (κ3) is 2.99. The number of aromatic amines is 1. The van der Waals surface area contributed by atoms with Gasteiger partial charge in [-0.25, -0.2) is 4.79 Å². The third-order valence-corrected chi connectivity index (χ3v) is 4.94. The summed E-state index contributed by atoms with van der Waals surface area (Å²) in [5.74, 6) is -1.21. The van der Waals surface area contributed by atoms with Crippen molar-refractivity contribution in [2.75, 3.05) is 0 Å². The summed E-state index contributed by atoms with van der Waals surface area (Å²) < 4.78 is 11.2. The topological polar surface area (TPSA) is 132 Å². The van der Waals surface area contributed by atoms with E-state index in [0.717, 1.165) is 0 Å². The average Bonchev–Trinajstić information content (AvgIpc) is 2.90. The fourth-order valence-electron chi connectivity index (χ4n) is 2.46. The highest BCUT2D eigenvalue weighted by molar-refractivity contribution is 9.10. The molecule has 130 valence electrons. The second-order valence-corrected chi connectivity index (χ2v) is 6.58. The number of nitrogens with one attached hydrogen (secondary N) is 1. The number of hydrogen-bond donors (Lipinski definition) is 5. The Bertz CT molecular complexity index is 782. The molecular weight excluding hydrogens is 410 g/mol. The zero-order valence-corrected chi connectivity index (χ0v) is 14.2. The molecule has 1 saturated heterocycles. The van der Waals surface area contributed by atoms with E-state index < -0.39 is 36.7 Å². The van der Waals surface area contributed by atoms with Crippen LogP contribution >= 0.6 is 27.5 Å². The van der Waals surface area contributed by atoms with Gasteiger partial charge in [0, 0.05) is 16.1 Å². The fraction of sp³-hybridized carbons (Fsp3) is 0.357. The molecule has 10 heteroatoms. The van der Waals surface area contributed by atoms with Crippen LogP contribution in [-0.4, -0.2) is 62.1 Å². The minimum atomic E-state index is -1.77. The van der Waals surface area contributed by atoms with Crippen molar-refractivity contribution in [1.29, 1.82) is 0 Å². The lowest BCUT2D eigenvalue weighted by Gasteiger charge is -2.38. The van der Waals surface area contributed by atoms with Crippen LogP contribution in [0, 0.1) is 0 Å². The Morgan fingerprint density at radius 2 is 1.96 bits per heavy atom. The summed E-state index contributed by atoms with van der Waals surface area (Å²) in [5, 5.41) is 39.6. The minimum Gasteiger partial charge on any atom is -0.479 e. The molecule has 0 bridgehead atoms. The number of carbonyl (C=O) groups is 1. The molecule has 0 saturated carbocycles. The highest BCUT2D eigenvalue weighted by Gasteiger charge is 2.48. The molecule has 2 heterocycles. The Hall–Kier alpha value is -1.36. The third-order valence-electron chi connectivity index (χ3n) is 3.74. The maximum Gasteiger partial charge on any atom is 0.335 e. The molecule has 8 nitrogen and oxygen atoms in total. The number of benzene rings is 1. The molecule has 5 N–H and O–H groups in total. The van der Waals surface area contributed by atoms with E-state index in [0.29, 0.717) is 20.4 Å². The lowest BCUT2D eigenvalue weighted by molar-refractivity contribution is -0.270. The number of hydrogen-bond acceptors (Lipinski definition) is 6. The molecule has 1 fully saturated rings. The van der Waals surface area contributed by atoms with Gasteiger partial charge in [-0.2, -0.15) is 0 Å². The molecule has 2 aromatic rings. The first-order valence-electron chi connectivity index (χ1n) is 6.85. The maximum atomic E-state index is 11.1. The van der Waals surface area contributed by atoms with E-state index in [-0.39, 0.29) is 5.75 Å². The van der Waals surface area contributed by atoms with Gasteiger partial charge >= 0.3 is 5.97 Å². The van der Waals surface area contributed by atoms with Gasteiger partial charge in [0.1, 0.15) is 24.1 Å². The Balaban J connectivity index is 1.90. The number of carboxylic acids is 1. The second-order valence-electron chi connectivity index (χ2n) is 5.32. The first-order valence-corrected chi connectivity index (χ1v) is 8.02. The van der Waals surface area contributed by atoms with Gasteiger partial charge in [-0.1, -0.05) is 11.6 Å². The van der Waals surface area contributed by atoms with Crippen LogP contribution in [-0.2, 0) is 9.53 Å². The molecule has 1 aromatic heterocycles. The van der Waals surface area contributed by atoms with Gasteiger partial charge < -0.3 is 34.9 Å². The molecule has 0 spiro atoms. The van der Waals surface area contributed by atoms with Gasteiger partial charge in [-0.05, 0) is 28.1 Å². The number of aromatic nitrogens is 1. The van der Waals surface area contributed by atoms with Crippen LogP contribution in [0.4, 0.5) is 0 Å². The standard InChI is InChI=1S/C14H13BrClNO7/c15-5-1-4-7(2-6(5)16)17-3-8(4)23-14-11(20)9(18)10(19)12(24-14)13(21)22/h1-3,9-12,14,17-20H,(H,21,22)/t9-,10-,11+,12-,14?/m0/s1. The Labute approximate surface area is 148 Å². The molecule has 1 aromatic carbocycles. The predicted molar refractivity (Wildman–Crippen MR) is 86.0 cm³/mol. The van der Waals surface area contributed by atoms with E-state index >= 15 is 0 Å². The summed E-state index contributed by atoms with van der Waals surface area (Å²) in [6.45, 7) is 0. The van der Waals surface area contributed by atoms with Crippen LogP contribution in [0.15, 0.2) is 22.8 Å². The molecule has 5 atom stereocenters. The highest BCUT2D eigenvalue weighted by atomic mass is 79.9. The van der Waals surface area contributed by atoms with Crippen molar-refractivity contribution in [2.24, 2.45) is 0 Å². The first-order chi connectivity index (χ1) is 11.3. The number of halogens is 2. The quantitative estimate of drug-likeness (QED) is 0.495. The zero-order valence-electron chi connectivity index (χ0n) is 11.9. The van der Waals surface area contributed by atoms with Crippen LogP contribution in [0.3, 0.4) is 0 Å². The minimum absolute atomic E-state index is 0.263. The lowest BCUT2D eigenvalue weighted by atomic mass is 9.99. The zero-order chi connectivity index (χ0) is 17.6. The number of ether oxygens (including phenoxy) is 2.